The molecular weight excluding hydrogens is 308 g/mol. The highest BCUT2D eigenvalue weighted by Crippen LogP contribution is 2.45. The molecule has 1 amide bonds. The molecule has 2 N–H and O–H groups in total. The Morgan fingerprint density at radius 2 is 1.96 bits per heavy atom. The van der Waals surface area contributed by atoms with Gasteiger partial charge in [-0.1, -0.05) is 54.1 Å². The Balaban J connectivity index is 1.50. The standard InChI is InChI=1S/C19H17ClN2O/c20-15-7-9-16-13(12-15)6-8-17(21-16)18(23)22-19(10-11-19)14-4-2-1-3-5-14/h1-9,12,17,21H,10-11H2,(H,22,23). The highest BCUT2D eigenvalue weighted by molar-refractivity contribution is 6.30. The highest BCUT2D eigenvalue weighted by atomic mass is 35.5. The van der Waals surface area contributed by atoms with Gasteiger partial charge < -0.3 is 10.6 Å². The molecule has 3 nitrogen and oxygen atoms in total. The Hall–Kier alpha value is -2.26. The number of hydrogen-bond acceptors (Lipinski definition) is 2. The summed E-state index contributed by atoms with van der Waals surface area (Å²) in [5.74, 6) is 0.00297. The van der Waals surface area contributed by atoms with E-state index in [0.717, 1.165) is 24.1 Å². The van der Waals surface area contributed by atoms with Gasteiger partial charge in [-0.2, -0.15) is 0 Å². The van der Waals surface area contributed by atoms with Gasteiger partial charge in [0.15, 0.2) is 0 Å². The van der Waals surface area contributed by atoms with Gasteiger partial charge >= 0.3 is 0 Å². The van der Waals surface area contributed by atoms with Crippen LogP contribution in [-0.4, -0.2) is 11.9 Å². The third-order valence-electron chi connectivity index (χ3n) is 4.51. The van der Waals surface area contributed by atoms with Crippen molar-refractivity contribution in [1.82, 2.24) is 5.32 Å². The number of fused-ring (bicyclic) bond motifs is 1. The molecule has 1 atom stereocenters. The molecule has 1 aliphatic heterocycles. The van der Waals surface area contributed by atoms with E-state index in [1.807, 2.05) is 48.6 Å². The molecule has 4 rings (SSSR count). The van der Waals surface area contributed by atoms with Gasteiger partial charge in [0, 0.05) is 10.7 Å². The molecule has 1 unspecified atom stereocenters. The molecule has 1 aliphatic carbocycles. The zero-order valence-electron chi connectivity index (χ0n) is 12.6. The van der Waals surface area contributed by atoms with E-state index in [4.69, 9.17) is 11.6 Å². The lowest BCUT2D eigenvalue weighted by Gasteiger charge is -2.25. The lowest BCUT2D eigenvalue weighted by molar-refractivity contribution is -0.122. The third kappa shape index (κ3) is 2.73. The van der Waals surface area contributed by atoms with E-state index >= 15 is 0 Å². The van der Waals surface area contributed by atoms with E-state index in [9.17, 15) is 4.79 Å². The summed E-state index contributed by atoms with van der Waals surface area (Å²) in [6.07, 6.45) is 5.82. The monoisotopic (exact) mass is 324 g/mol. The van der Waals surface area contributed by atoms with Gasteiger partial charge in [-0.15, -0.1) is 0 Å². The van der Waals surface area contributed by atoms with E-state index in [1.165, 1.54) is 5.56 Å². The van der Waals surface area contributed by atoms with E-state index < -0.39 is 0 Å². The smallest absolute Gasteiger partial charge is 0.247 e. The number of amides is 1. The van der Waals surface area contributed by atoms with Gasteiger partial charge in [-0.25, -0.2) is 0 Å². The first-order valence-electron chi connectivity index (χ1n) is 7.78. The van der Waals surface area contributed by atoms with Crippen molar-refractivity contribution in [1.29, 1.82) is 0 Å². The van der Waals surface area contributed by atoms with Gasteiger partial charge in [0.25, 0.3) is 0 Å². The Bertz CT molecular complexity index is 781. The Morgan fingerprint density at radius 3 is 2.70 bits per heavy atom. The van der Waals surface area contributed by atoms with Crippen molar-refractivity contribution < 1.29 is 4.79 Å². The van der Waals surface area contributed by atoms with Crippen molar-refractivity contribution in [3.63, 3.8) is 0 Å². The summed E-state index contributed by atoms with van der Waals surface area (Å²) in [5.41, 5.74) is 2.93. The molecule has 2 aromatic rings. The third-order valence-corrected chi connectivity index (χ3v) is 4.75. The van der Waals surface area contributed by atoms with Crippen molar-refractivity contribution in [2.75, 3.05) is 5.32 Å². The SMILES string of the molecule is O=C(NC1(c2ccccc2)CC1)C1C=Cc2cc(Cl)ccc2N1. The largest absolute Gasteiger partial charge is 0.370 e. The molecule has 4 heteroatoms. The Morgan fingerprint density at radius 1 is 1.17 bits per heavy atom. The van der Waals surface area contributed by atoms with Crippen LogP contribution in [0.5, 0.6) is 0 Å². The zero-order chi connectivity index (χ0) is 15.9. The maximum atomic E-state index is 12.7. The first-order valence-corrected chi connectivity index (χ1v) is 8.16. The second-order valence-electron chi connectivity index (χ2n) is 6.15. The summed E-state index contributed by atoms with van der Waals surface area (Å²) in [4.78, 5) is 12.7. The Kier molecular flexibility index (Phi) is 3.38. The summed E-state index contributed by atoms with van der Waals surface area (Å²) >= 11 is 6.00. The molecule has 1 heterocycles. The minimum atomic E-state index is -0.357. The second kappa shape index (κ2) is 5.43. The molecule has 0 bridgehead atoms. The number of carbonyl (C=O) groups is 1. The minimum absolute atomic E-state index is 0.00297. The molecule has 2 aliphatic rings. The van der Waals surface area contributed by atoms with E-state index in [-0.39, 0.29) is 17.5 Å². The number of benzene rings is 2. The average Bonchev–Trinajstić information content (AvgIpc) is 3.36. The molecule has 0 spiro atoms. The second-order valence-corrected chi connectivity index (χ2v) is 6.59. The fraction of sp³-hybridized carbons (Fsp3) is 0.211. The highest BCUT2D eigenvalue weighted by Gasteiger charge is 2.46. The van der Waals surface area contributed by atoms with E-state index in [1.54, 1.807) is 0 Å². The summed E-state index contributed by atoms with van der Waals surface area (Å²) in [5, 5.41) is 7.18. The number of carbonyl (C=O) groups excluding carboxylic acids is 1. The molecule has 0 saturated heterocycles. The van der Waals surface area contributed by atoms with E-state index in [0.29, 0.717) is 5.02 Å². The van der Waals surface area contributed by atoms with Crippen LogP contribution >= 0.6 is 11.6 Å². The van der Waals surface area contributed by atoms with Crippen molar-refractivity contribution in [3.8, 4) is 0 Å². The predicted octanol–water partition coefficient (Wildman–Crippen LogP) is 3.95. The van der Waals surface area contributed by atoms with Crippen LogP contribution in [0.4, 0.5) is 5.69 Å². The summed E-state index contributed by atoms with van der Waals surface area (Å²) in [7, 11) is 0. The number of rotatable bonds is 3. The number of hydrogen-bond donors (Lipinski definition) is 2. The lowest BCUT2D eigenvalue weighted by atomic mass is 10.0. The van der Waals surface area contributed by atoms with Gasteiger partial charge in [-0.05, 0) is 42.2 Å². The summed E-state index contributed by atoms with van der Waals surface area (Å²) in [6.45, 7) is 0. The molecule has 0 aromatic heterocycles. The summed E-state index contributed by atoms with van der Waals surface area (Å²) in [6, 6.07) is 15.4. The van der Waals surface area contributed by atoms with Crippen LogP contribution in [0.15, 0.2) is 54.6 Å². The molecule has 116 valence electrons. The fourth-order valence-corrected chi connectivity index (χ4v) is 3.23. The van der Waals surface area contributed by atoms with Crippen LogP contribution in [-0.2, 0) is 10.3 Å². The first-order chi connectivity index (χ1) is 11.2. The lowest BCUT2D eigenvalue weighted by Crippen LogP contribution is -2.44. The molecule has 23 heavy (non-hydrogen) atoms. The first kappa shape index (κ1) is 14.3. The predicted molar refractivity (Wildman–Crippen MR) is 93.4 cm³/mol. The maximum Gasteiger partial charge on any atom is 0.247 e. The molecular formula is C19H17ClN2O. The van der Waals surface area contributed by atoms with Gasteiger partial charge in [-0.3, -0.25) is 4.79 Å². The van der Waals surface area contributed by atoms with Crippen LogP contribution < -0.4 is 10.6 Å². The molecule has 1 fully saturated rings. The van der Waals surface area contributed by atoms with Crippen LogP contribution in [0.3, 0.4) is 0 Å². The zero-order valence-corrected chi connectivity index (χ0v) is 13.3. The number of halogens is 1. The van der Waals surface area contributed by atoms with Crippen molar-refractivity contribution in [3.05, 3.63) is 70.8 Å². The van der Waals surface area contributed by atoms with Crippen LogP contribution in [0.2, 0.25) is 5.02 Å². The molecule has 2 aromatic carbocycles. The van der Waals surface area contributed by atoms with Crippen molar-refractivity contribution >= 4 is 29.3 Å². The quantitative estimate of drug-likeness (QED) is 0.897. The topological polar surface area (TPSA) is 41.1 Å². The Labute approximate surface area is 140 Å². The fourth-order valence-electron chi connectivity index (χ4n) is 3.05. The molecule has 0 radical (unpaired) electrons. The van der Waals surface area contributed by atoms with Crippen LogP contribution in [0.1, 0.15) is 24.0 Å². The van der Waals surface area contributed by atoms with Crippen molar-refractivity contribution in [2.45, 2.75) is 24.4 Å². The summed E-state index contributed by atoms with van der Waals surface area (Å²) < 4.78 is 0. The van der Waals surface area contributed by atoms with Crippen molar-refractivity contribution in [2.24, 2.45) is 0 Å². The van der Waals surface area contributed by atoms with Gasteiger partial charge in [0.1, 0.15) is 6.04 Å². The van der Waals surface area contributed by atoms with Gasteiger partial charge in [0.2, 0.25) is 5.91 Å². The van der Waals surface area contributed by atoms with Crippen LogP contribution in [0.25, 0.3) is 6.08 Å². The van der Waals surface area contributed by atoms with Crippen LogP contribution in [0, 0.1) is 0 Å². The maximum absolute atomic E-state index is 12.7. The average molecular weight is 325 g/mol. The minimum Gasteiger partial charge on any atom is -0.370 e. The number of nitrogens with one attached hydrogen (secondary N) is 2. The van der Waals surface area contributed by atoms with E-state index in [2.05, 4.69) is 22.8 Å². The van der Waals surface area contributed by atoms with Gasteiger partial charge in [0.05, 0.1) is 5.54 Å². The normalized spacial score (nSPS) is 20.3. The molecule has 1 saturated carbocycles. The number of anilines is 1.